The molecule has 2 rings (SSSR count). The summed E-state index contributed by atoms with van der Waals surface area (Å²) in [7, 11) is 1.25. The Labute approximate surface area is 115 Å². The van der Waals surface area contributed by atoms with Gasteiger partial charge in [-0.3, -0.25) is 4.79 Å². The predicted octanol–water partition coefficient (Wildman–Crippen LogP) is 2.54. The maximum Gasteiger partial charge on any atom is 0.416 e. The maximum absolute atomic E-state index is 13.0. The van der Waals surface area contributed by atoms with Crippen LogP contribution in [0.1, 0.15) is 24.0 Å². The van der Waals surface area contributed by atoms with Crippen molar-refractivity contribution < 1.29 is 22.7 Å². The van der Waals surface area contributed by atoms with Crippen LogP contribution in [0.2, 0.25) is 0 Å². The number of ether oxygens (including phenoxy) is 1. The van der Waals surface area contributed by atoms with E-state index in [1.54, 1.807) is 6.07 Å². The molecule has 3 nitrogen and oxygen atoms in total. The van der Waals surface area contributed by atoms with Crippen LogP contribution < -0.4 is 5.32 Å². The fourth-order valence-corrected chi connectivity index (χ4v) is 2.67. The van der Waals surface area contributed by atoms with Crippen molar-refractivity contribution >= 4 is 5.97 Å². The fraction of sp³-hybridized carbons (Fsp3) is 0.500. The van der Waals surface area contributed by atoms with Gasteiger partial charge in [-0.2, -0.15) is 13.2 Å². The van der Waals surface area contributed by atoms with Crippen LogP contribution in [0.25, 0.3) is 0 Å². The molecule has 1 heterocycles. The van der Waals surface area contributed by atoms with E-state index in [1.807, 2.05) is 0 Å². The lowest BCUT2D eigenvalue weighted by Gasteiger charge is -2.27. The first-order valence-corrected chi connectivity index (χ1v) is 6.38. The molecule has 1 fully saturated rings. The molecular formula is C14H16F3NO2. The quantitative estimate of drug-likeness (QED) is 0.868. The topological polar surface area (TPSA) is 38.3 Å². The summed E-state index contributed by atoms with van der Waals surface area (Å²) in [6.07, 6.45) is -3.23. The Kier molecular flexibility index (Phi) is 4.04. The third kappa shape index (κ3) is 2.80. The summed E-state index contributed by atoms with van der Waals surface area (Å²) in [4.78, 5) is 11.9. The van der Waals surface area contributed by atoms with Crippen molar-refractivity contribution in [2.75, 3.05) is 13.7 Å². The van der Waals surface area contributed by atoms with Gasteiger partial charge in [0.1, 0.15) is 5.54 Å². The number of carbonyl (C=O) groups is 1. The lowest BCUT2D eigenvalue weighted by Crippen LogP contribution is -2.50. The van der Waals surface area contributed by atoms with Gasteiger partial charge in [-0.25, -0.2) is 0 Å². The van der Waals surface area contributed by atoms with Gasteiger partial charge in [0.25, 0.3) is 0 Å². The molecule has 0 saturated carbocycles. The molecule has 1 unspecified atom stereocenters. The number of halogens is 3. The number of hydrogen-bond acceptors (Lipinski definition) is 3. The van der Waals surface area contributed by atoms with E-state index in [2.05, 4.69) is 5.32 Å². The molecule has 0 bridgehead atoms. The molecule has 0 radical (unpaired) electrons. The number of esters is 1. The zero-order chi connectivity index (χ0) is 14.8. The first-order valence-electron chi connectivity index (χ1n) is 6.38. The summed E-state index contributed by atoms with van der Waals surface area (Å²) < 4.78 is 43.7. The zero-order valence-electron chi connectivity index (χ0n) is 11.1. The molecule has 20 heavy (non-hydrogen) atoms. The van der Waals surface area contributed by atoms with E-state index in [-0.39, 0.29) is 12.0 Å². The highest BCUT2D eigenvalue weighted by Crippen LogP contribution is 2.35. The summed E-state index contributed by atoms with van der Waals surface area (Å²) in [6, 6.07) is 5.34. The Morgan fingerprint density at radius 3 is 2.65 bits per heavy atom. The number of nitrogens with one attached hydrogen (secondary N) is 1. The number of carbonyl (C=O) groups excluding carboxylic acids is 1. The van der Waals surface area contributed by atoms with Crippen molar-refractivity contribution in [1.82, 2.24) is 5.32 Å². The van der Waals surface area contributed by atoms with E-state index >= 15 is 0 Å². The first kappa shape index (κ1) is 14.8. The van der Waals surface area contributed by atoms with E-state index < -0.39 is 23.2 Å². The van der Waals surface area contributed by atoms with Crippen LogP contribution in [0.4, 0.5) is 13.2 Å². The summed E-state index contributed by atoms with van der Waals surface area (Å²) in [6.45, 7) is 0.600. The minimum atomic E-state index is -4.42. The van der Waals surface area contributed by atoms with E-state index in [0.717, 1.165) is 12.5 Å². The standard InChI is InChI=1S/C14H16F3NO2/c1-20-12(19)13(7-4-8-18-13)9-10-5-2-3-6-11(10)14(15,16)17/h2-3,5-6,18H,4,7-9H2,1H3. The van der Waals surface area contributed by atoms with Gasteiger partial charge in [0.15, 0.2) is 0 Å². The monoisotopic (exact) mass is 287 g/mol. The van der Waals surface area contributed by atoms with Gasteiger partial charge in [-0.15, -0.1) is 0 Å². The van der Waals surface area contributed by atoms with E-state index in [0.29, 0.717) is 13.0 Å². The second kappa shape index (κ2) is 5.44. The SMILES string of the molecule is COC(=O)C1(Cc2ccccc2C(F)(F)F)CCCN1. The highest BCUT2D eigenvalue weighted by atomic mass is 19.4. The van der Waals surface area contributed by atoms with E-state index in [9.17, 15) is 18.0 Å². The second-order valence-corrected chi connectivity index (χ2v) is 4.94. The van der Waals surface area contributed by atoms with Crippen molar-refractivity contribution in [3.8, 4) is 0 Å². The molecule has 1 aliphatic heterocycles. The molecule has 1 saturated heterocycles. The van der Waals surface area contributed by atoms with Gasteiger partial charge in [0, 0.05) is 6.42 Å². The lowest BCUT2D eigenvalue weighted by molar-refractivity contribution is -0.148. The summed E-state index contributed by atoms with van der Waals surface area (Å²) in [5.74, 6) is -0.507. The van der Waals surface area contributed by atoms with Crippen LogP contribution in [-0.2, 0) is 22.1 Å². The van der Waals surface area contributed by atoms with Crippen LogP contribution in [0.5, 0.6) is 0 Å². The van der Waals surface area contributed by atoms with E-state index in [4.69, 9.17) is 4.74 Å². The third-order valence-corrected chi connectivity index (χ3v) is 3.63. The fourth-order valence-electron chi connectivity index (χ4n) is 2.67. The van der Waals surface area contributed by atoms with Crippen LogP contribution >= 0.6 is 0 Å². The Morgan fingerprint density at radius 1 is 1.40 bits per heavy atom. The molecule has 1 N–H and O–H groups in total. The number of methoxy groups -OCH3 is 1. The molecule has 6 heteroatoms. The van der Waals surface area contributed by atoms with Gasteiger partial charge >= 0.3 is 12.1 Å². The molecule has 110 valence electrons. The molecule has 1 aromatic carbocycles. The Balaban J connectivity index is 2.35. The first-order chi connectivity index (χ1) is 9.39. The van der Waals surface area contributed by atoms with Gasteiger partial charge < -0.3 is 10.1 Å². The highest BCUT2D eigenvalue weighted by molar-refractivity contribution is 5.81. The van der Waals surface area contributed by atoms with Crippen molar-refractivity contribution in [3.63, 3.8) is 0 Å². The van der Waals surface area contributed by atoms with Crippen molar-refractivity contribution in [3.05, 3.63) is 35.4 Å². The lowest BCUT2D eigenvalue weighted by atomic mass is 9.87. The Bertz CT molecular complexity index is 493. The van der Waals surface area contributed by atoms with Gasteiger partial charge in [0.2, 0.25) is 0 Å². The minimum Gasteiger partial charge on any atom is -0.468 e. The minimum absolute atomic E-state index is 0.0185. The van der Waals surface area contributed by atoms with Crippen molar-refractivity contribution in [1.29, 1.82) is 0 Å². The highest BCUT2D eigenvalue weighted by Gasteiger charge is 2.44. The number of alkyl halides is 3. The Morgan fingerprint density at radius 2 is 2.10 bits per heavy atom. The maximum atomic E-state index is 13.0. The molecule has 0 spiro atoms. The van der Waals surface area contributed by atoms with Crippen LogP contribution in [0, 0.1) is 0 Å². The molecule has 1 aliphatic rings. The number of hydrogen-bond donors (Lipinski definition) is 1. The van der Waals surface area contributed by atoms with Gasteiger partial charge in [-0.1, -0.05) is 18.2 Å². The van der Waals surface area contributed by atoms with Gasteiger partial charge in [-0.05, 0) is 31.0 Å². The molecule has 1 atom stereocenters. The number of rotatable bonds is 3. The molecule has 1 aromatic rings. The van der Waals surface area contributed by atoms with E-state index in [1.165, 1.54) is 19.2 Å². The molecular weight excluding hydrogens is 271 g/mol. The molecule has 0 aliphatic carbocycles. The largest absolute Gasteiger partial charge is 0.468 e. The smallest absolute Gasteiger partial charge is 0.416 e. The Hall–Kier alpha value is -1.56. The average Bonchev–Trinajstić information content (AvgIpc) is 2.87. The van der Waals surface area contributed by atoms with Crippen LogP contribution in [0.15, 0.2) is 24.3 Å². The summed E-state index contributed by atoms with van der Waals surface area (Å²) in [5, 5.41) is 3.01. The van der Waals surface area contributed by atoms with Crippen molar-refractivity contribution in [2.45, 2.75) is 31.0 Å². The normalized spacial score (nSPS) is 22.8. The average molecular weight is 287 g/mol. The second-order valence-electron chi connectivity index (χ2n) is 4.94. The summed E-state index contributed by atoms with van der Waals surface area (Å²) in [5.41, 5.74) is -1.63. The summed E-state index contributed by atoms with van der Waals surface area (Å²) >= 11 is 0. The number of benzene rings is 1. The van der Waals surface area contributed by atoms with Gasteiger partial charge in [0.05, 0.1) is 12.7 Å². The zero-order valence-corrected chi connectivity index (χ0v) is 11.1. The molecule has 0 aromatic heterocycles. The van der Waals surface area contributed by atoms with Crippen LogP contribution in [-0.4, -0.2) is 25.2 Å². The van der Waals surface area contributed by atoms with Crippen LogP contribution in [0.3, 0.4) is 0 Å². The van der Waals surface area contributed by atoms with Crippen molar-refractivity contribution in [2.24, 2.45) is 0 Å². The third-order valence-electron chi connectivity index (χ3n) is 3.63. The molecule has 0 amide bonds. The predicted molar refractivity (Wildman–Crippen MR) is 67.1 cm³/mol.